The summed E-state index contributed by atoms with van der Waals surface area (Å²) >= 11 is 0. The molecular formula is C20H25ClN2O3. The molecule has 0 bridgehead atoms. The molecule has 6 heteroatoms. The number of halogens is 1. The van der Waals surface area contributed by atoms with Crippen molar-refractivity contribution in [3.8, 4) is 11.5 Å². The second kappa shape index (κ2) is 8.73. The van der Waals surface area contributed by atoms with Crippen LogP contribution in [0.25, 0.3) is 0 Å². The number of quaternary nitrogens is 1. The Labute approximate surface area is 160 Å². The molecule has 26 heavy (non-hydrogen) atoms. The van der Waals surface area contributed by atoms with Crippen LogP contribution in [0.5, 0.6) is 11.5 Å². The molecule has 0 aromatic heterocycles. The van der Waals surface area contributed by atoms with Crippen molar-refractivity contribution in [1.82, 2.24) is 5.01 Å². The zero-order chi connectivity index (χ0) is 17.1. The maximum atomic E-state index is 10.8. The van der Waals surface area contributed by atoms with Gasteiger partial charge in [-0.2, -0.15) is 5.01 Å². The van der Waals surface area contributed by atoms with Gasteiger partial charge in [-0.1, -0.05) is 36.8 Å². The summed E-state index contributed by atoms with van der Waals surface area (Å²) in [6, 6.07) is 16.2. The van der Waals surface area contributed by atoms with Crippen LogP contribution < -0.4 is 27.3 Å². The Kier molecular flexibility index (Phi) is 6.38. The number of aliphatic hydroxyl groups is 1. The number of fused-ring (bicyclic) bond motifs is 1. The summed E-state index contributed by atoms with van der Waals surface area (Å²) < 4.78 is 10.8. The van der Waals surface area contributed by atoms with E-state index in [1.807, 2.05) is 42.5 Å². The van der Waals surface area contributed by atoms with E-state index in [0.29, 0.717) is 6.79 Å². The molecule has 2 aliphatic rings. The summed E-state index contributed by atoms with van der Waals surface area (Å²) in [6.45, 7) is 2.13. The van der Waals surface area contributed by atoms with Crippen molar-refractivity contribution in [2.45, 2.75) is 38.0 Å². The van der Waals surface area contributed by atoms with Gasteiger partial charge in [0.15, 0.2) is 11.5 Å². The topological polar surface area (TPSA) is 58.5 Å². The zero-order valence-corrected chi connectivity index (χ0v) is 15.4. The first-order valence-electron chi connectivity index (χ1n) is 9.02. The summed E-state index contributed by atoms with van der Waals surface area (Å²) in [5, 5.41) is 13.2. The summed E-state index contributed by atoms with van der Waals surface area (Å²) in [6.07, 6.45) is 2.92. The number of hydrogen-bond donors (Lipinski definition) is 2. The summed E-state index contributed by atoms with van der Waals surface area (Å²) in [4.78, 5) is 0. The molecule has 2 aliphatic heterocycles. The first-order chi connectivity index (χ1) is 12.3. The van der Waals surface area contributed by atoms with Crippen LogP contribution in [-0.2, 0) is 6.54 Å². The van der Waals surface area contributed by atoms with Gasteiger partial charge in [-0.05, 0) is 36.6 Å². The van der Waals surface area contributed by atoms with Crippen molar-refractivity contribution in [2.24, 2.45) is 0 Å². The molecule has 2 heterocycles. The quantitative estimate of drug-likeness (QED) is 0.656. The molecule has 0 radical (unpaired) electrons. The van der Waals surface area contributed by atoms with Gasteiger partial charge in [-0.3, -0.25) is 5.43 Å². The van der Waals surface area contributed by atoms with Crippen LogP contribution >= 0.6 is 0 Å². The fraction of sp³-hybridized carbons (Fsp3) is 0.400. The third-order valence-electron chi connectivity index (χ3n) is 5.10. The van der Waals surface area contributed by atoms with Crippen LogP contribution in [0.3, 0.4) is 0 Å². The zero-order valence-electron chi connectivity index (χ0n) is 14.7. The largest absolute Gasteiger partial charge is 1.00 e. The van der Waals surface area contributed by atoms with Crippen LogP contribution in [0.4, 0.5) is 0 Å². The van der Waals surface area contributed by atoms with Crippen molar-refractivity contribution >= 4 is 0 Å². The number of aliphatic hydroxyl groups excluding tert-OH is 1. The molecular weight excluding hydrogens is 352 g/mol. The van der Waals surface area contributed by atoms with Crippen molar-refractivity contribution in [2.75, 3.05) is 13.3 Å². The number of piperidine rings is 1. The van der Waals surface area contributed by atoms with E-state index in [2.05, 4.69) is 16.5 Å². The van der Waals surface area contributed by atoms with E-state index >= 15 is 0 Å². The van der Waals surface area contributed by atoms with Gasteiger partial charge in [0.05, 0.1) is 12.1 Å². The molecule has 140 valence electrons. The number of nitrogens with zero attached hydrogens (tertiary/aromatic N) is 1. The van der Waals surface area contributed by atoms with E-state index in [-0.39, 0.29) is 18.4 Å². The van der Waals surface area contributed by atoms with Crippen molar-refractivity contribution in [3.63, 3.8) is 0 Å². The Morgan fingerprint density at radius 1 is 1.08 bits per heavy atom. The van der Waals surface area contributed by atoms with Gasteiger partial charge in [0, 0.05) is 12.1 Å². The van der Waals surface area contributed by atoms with E-state index in [1.165, 1.54) is 18.4 Å². The monoisotopic (exact) mass is 376 g/mol. The number of hydrogen-bond acceptors (Lipinski definition) is 4. The van der Waals surface area contributed by atoms with Crippen LogP contribution in [0.2, 0.25) is 0 Å². The Morgan fingerprint density at radius 3 is 2.73 bits per heavy atom. The SMILES string of the molecule is OC(c1ccccc1)C1CCCCN1[NH2+]Cc1ccc2c(c1)OCO2.[Cl-]. The highest BCUT2D eigenvalue weighted by Crippen LogP contribution is 2.32. The molecule has 5 nitrogen and oxygen atoms in total. The van der Waals surface area contributed by atoms with Crippen molar-refractivity contribution in [3.05, 3.63) is 59.7 Å². The first kappa shape index (κ1) is 19.0. The normalized spacial score (nSPS) is 20.4. The fourth-order valence-electron chi connectivity index (χ4n) is 3.71. The standard InChI is InChI=1S/C20H24N2O3.ClH/c23-20(16-6-2-1-3-7-16)17-8-4-5-11-22(17)21-13-15-9-10-18-19(12-15)25-14-24-18;/h1-3,6-7,9-10,12,17,20-21,23H,4-5,8,11,13-14H2;1H. The van der Waals surface area contributed by atoms with E-state index in [4.69, 9.17) is 9.47 Å². The molecule has 0 spiro atoms. The maximum Gasteiger partial charge on any atom is 0.231 e. The predicted molar refractivity (Wildman–Crippen MR) is 93.9 cm³/mol. The molecule has 2 aromatic carbocycles. The molecule has 1 saturated heterocycles. The van der Waals surface area contributed by atoms with Gasteiger partial charge in [0.1, 0.15) is 6.54 Å². The second-order valence-corrected chi connectivity index (χ2v) is 6.73. The van der Waals surface area contributed by atoms with Gasteiger partial charge in [-0.15, -0.1) is 0 Å². The average Bonchev–Trinajstić information content (AvgIpc) is 3.14. The summed E-state index contributed by atoms with van der Waals surface area (Å²) in [5.41, 5.74) is 4.42. The highest BCUT2D eigenvalue weighted by atomic mass is 35.5. The molecule has 0 aliphatic carbocycles. The predicted octanol–water partition coefficient (Wildman–Crippen LogP) is -1.01. The molecule has 0 saturated carbocycles. The van der Waals surface area contributed by atoms with Crippen molar-refractivity contribution in [1.29, 1.82) is 0 Å². The van der Waals surface area contributed by atoms with Gasteiger partial charge in [0.25, 0.3) is 0 Å². The van der Waals surface area contributed by atoms with Crippen LogP contribution in [0, 0.1) is 0 Å². The number of ether oxygens (including phenoxy) is 2. The average molecular weight is 377 g/mol. The second-order valence-electron chi connectivity index (χ2n) is 6.73. The molecule has 2 unspecified atom stereocenters. The Bertz CT molecular complexity index is 713. The lowest BCUT2D eigenvalue weighted by Gasteiger charge is -2.35. The number of nitrogens with two attached hydrogens (primary N) is 1. The van der Waals surface area contributed by atoms with E-state index in [1.54, 1.807) is 0 Å². The smallest absolute Gasteiger partial charge is 0.231 e. The minimum Gasteiger partial charge on any atom is -1.00 e. The maximum absolute atomic E-state index is 10.8. The minimum absolute atomic E-state index is 0. The lowest BCUT2D eigenvalue weighted by Crippen LogP contribution is -3.00. The van der Waals surface area contributed by atoms with Gasteiger partial charge in [0.2, 0.25) is 6.79 Å². The molecule has 3 N–H and O–H groups in total. The molecule has 0 amide bonds. The third-order valence-corrected chi connectivity index (χ3v) is 5.10. The molecule has 2 atom stereocenters. The molecule has 1 fully saturated rings. The lowest BCUT2D eigenvalue weighted by molar-refractivity contribution is -0.826. The highest BCUT2D eigenvalue weighted by Gasteiger charge is 2.32. The first-order valence-corrected chi connectivity index (χ1v) is 9.02. The van der Waals surface area contributed by atoms with Crippen molar-refractivity contribution < 1.29 is 32.4 Å². The summed E-state index contributed by atoms with van der Waals surface area (Å²) in [5.74, 6) is 1.64. The van der Waals surface area contributed by atoms with Crippen LogP contribution in [0.1, 0.15) is 36.5 Å². The number of benzene rings is 2. The summed E-state index contributed by atoms with van der Waals surface area (Å²) in [7, 11) is 0. The van der Waals surface area contributed by atoms with Crippen LogP contribution in [0.15, 0.2) is 48.5 Å². The molecule has 4 rings (SSSR count). The molecule has 2 aromatic rings. The van der Waals surface area contributed by atoms with Gasteiger partial charge in [-0.25, -0.2) is 0 Å². The van der Waals surface area contributed by atoms with Crippen LogP contribution in [-0.4, -0.2) is 29.5 Å². The van der Waals surface area contributed by atoms with Gasteiger partial charge >= 0.3 is 0 Å². The Balaban J connectivity index is 0.00000196. The highest BCUT2D eigenvalue weighted by molar-refractivity contribution is 5.44. The third kappa shape index (κ3) is 4.13. The minimum atomic E-state index is -0.450. The Morgan fingerprint density at radius 2 is 1.88 bits per heavy atom. The lowest BCUT2D eigenvalue weighted by atomic mass is 9.94. The number of rotatable bonds is 5. The Hall–Kier alpha value is -1.79. The van der Waals surface area contributed by atoms with E-state index in [0.717, 1.165) is 36.6 Å². The fourth-order valence-corrected chi connectivity index (χ4v) is 3.71. The van der Waals surface area contributed by atoms with Gasteiger partial charge < -0.3 is 27.0 Å². The van der Waals surface area contributed by atoms with E-state index < -0.39 is 6.10 Å². The van der Waals surface area contributed by atoms with E-state index in [9.17, 15) is 5.11 Å².